The Kier molecular flexibility index (Phi) is 9.70. The molecule has 236 valence electrons. The van der Waals surface area contributed by atoms with Crippen molar-refractivity contribution in [3.05, 3.63) is 149 Å². The van der Waals surface area contributed by atoms with Crippen LogP contribution in [0.2, 0.25) is 10.1 Å². The van der Waals surface area contributed by atoms with Crippen LogP contribution >= 0.6 is 11.6 Å². The summed E-state index contributed by atoms with van der Waals surface area (Å²) in [4.78, 5) is 8.57. The summed E-state index contributed by atoms with van der Waals surface area (Å²) in [5, 5.41) is 3.84. The highest BCUT2D eigenvalue weighted by Gasteiger charge is 2.35. The van der Waals surface area contributed by atoms with E-state index in [0.717, 1.165) is 10.9 Å². The number of hydrogen-bond donors (Lipinski definition) is 1. The number of methoxy groups -OCH3 is 1. The van der Waals surface area contributed by atoms with Crippen LogP contribution in [0.25, 0.3) is 10.9 Å². The maximum atomic E-state index is 15.4. The fourth-order valence-corrected chi connectivity index (χ4v) is 6.83. The van der Waals surface area contributed by atoms with E-state index >= 15 is 4.39 Å². The molecule has 4 aromatic carbocycles. The largest absolute Gasteiger partial charge is 0.539 e. The van der Waals surface area contributed by atoms with Crippen molar-refractivity contribution in [1.29, 1.82) is 0 Å². The van der Waals surface area contributed by atoms with Crippen LogP contribution in [0.15, 0.2) is 122 Å². The Labute approximate surface area is 281 Å². The molecule has 0 saturated carbocycles. The van der Waals surface area contributed by atoms with Gasteiger partial charge in [0.2, 0.25) is 0 Å². The monoisotopic (exact) mass is 661 g/mol. The molecule has 0 unspecified atom stereocenters. The van der Waals surface area contributed by atoms with Crippen molar-refractivity contribution in [3.8, 4) is 17.2 Å². The molecule has 0 atom stereocenters. The summed E-state index contributed by atoms with van der Waals surface area (Å²) in [5.74, 6) is 1.02. The molecule has 2 aromatic heterocycles. The number of nitrogens with one attached hydrogen (secondary N) is 1. The van der Waals surface area contributed by atoms with Gasteiger partial charge in [-0.2, -0.15) is 0 Å². The van der Waals surface area contributed by atoms with Gasteiger partial charge >= 0.3 is 9.76 Å². The van der Waals surface area contributed by atoms with Gasteiger partial charge in [-0.25, -0.2) is 4.39 Å². The average Bonchev–Trinajstić information content (AvgIpc) is 3.09. The average molecular weight is 662 g/mol. The summed E-state index contributed by atoms with van der Waals surface area (Å²) in [5.41, 5.74) is 4.87. The van der Waals surface area contributed by atoms with Gasteiger partial charge in [-0.15, -0.1) is 0 Å². The van der Waals surface area contributed by atoms with Crippen LogP contribution in [0.1, 0.15) is 36.5 Å². The third-order valence-electron chi connectivity index (χ3n) is 7.87. The Morgan fingerprint density at radius 1 is 0.809 bits per heavy atom. The quantitative estimate of drug-likeness (QED) is 0.132. The summed E-state index contributed by atoms with van der Waals surface area (Å²) < 4.78 is 33.5. The fraction of sp³-hybridized carbons (Fsp3) is 0.158. The van der Waals surface area contributed by atoms with E-state index in [2.05, 4.69) is 77.7 Å². The maximum Gasteiger partial charge on any atom is 0.318 e. The number of hydrogen-bond acceptors (Lipinski definition) is 6. The lowest BCUT2D eigenvalue weighted by Gasteiger charge is -2.34. The summed E-state index contributed by atoms with van der Waals surface area (Å²) in [6.45, 7) is 4.70. The van der Waals surface area contributed by atoms with Gasteiger partial charge in [0.1, 0.15) is 18.2 Å². The lowest BCUT2D eigenvalue weighted by Crippen LogP contribution is -2.27. The van der Waals surface area contributed by atoms with E-state index < -0.39 is 5.82 Å². The summed E-state index contributed by atoms with van der Waals surface area (Å²) in [7, 11) is 1.60. The number of aromatic nitrogens is 2. The van der Waals surface area contributed by atoms with Gasteiger partial charge in [0.15, 0.2) is 11.5 Å². The standard InChI is InChI=1S/C38H33ClFN3O3Si/c1-38(2,37(26-10-6-4-7-11-26)27-12-8-5-9-13-27)47-46-34-23-33(30(40)21-29(34)39)43-31-16-19-42-32-22-36(35(44-3)20-28(31)32)45-24-25-14-17-41-18-15-25/h4-23,37H,24H2,1-3H3,(H,42,43). The number of ether oxygens (including phenoxy) is 2. The van der Waals surface area contributed by atoms with Crippen LogP contribution in [0, 0.1) is 5.82 Å². The van der Waals surface area contributed by atoms with Crippen LogP contribution in [0.3, 0.4) is 0 Å². The van der Waals surface area contributed by atoms with Crippen molar-refractivity contribution >= 4 is 43.6 Å². The summed E-state index contributed by atoms with van der Waals surface area (Å²) >= 11 is 6.54. The molecule has 0 bridgehead atoms. The number of fused-ring (bicyclic) bond motifs is 1. The van der Waals surface area contributed by atoms with Crippen LogP contribution in [-0.2, 0) is 6.61 Å². The predicted octanol–water partition coefficient (Wildman–Crippen LogP) is 9.78. The highest BCUT2D eigenvalue weighted by molar-refractivity contribution is 6.36. The first-order valence-corrected chi connectivity index (χ1v) is 16.4. The lowest BCUT2D eigenvalue weighted by molar-refractivity contribution is 0.285. The minimum Gasteiger partial charge on any atom is -0.539 e. The second-order valence-electron chi connectivity index (χ2n) is 11.6. The fourth-order valence-electron chi connectivity index (χ4n) is 5.59. The number of rotatable bonds is 12. The molecule has 6 rings (SSSR count). The SMILES string of the molecule is COc1cc2c(Nc3cc(O[Si]C(C)(C)C(c4ccccc4)c4ccccc4)c(Cl)cc3F)ccnc2cc1OCc1ccncc1. The van der Waals surface area contributed by atoms with E-state index in [9.17, 15) is 0 Å². The van der Waals surface area contributed by atoms with Gasteiger partial charge < -0.3 is 19.2 Å². The third-order valence-corrected chi connectivity index (χ3v) is 9.31. The number of anilines is 2. The molecular formula is C38H33ClFN3O3Si. The molecule has 6 nitrogen and oxygen atoms in total. The van der Waals surface area contributed by atoms with Crippen molar-refractivity contribution in [1.82, 2.24) is 9.97 Å². The van der Waals surface area contributed by atoms with Gasteiger partial charge in [-0.3, -0.25) is 9.97 Å². The van der Waals surface area contributed by atoms with Gasteiger partial charge in [0, 0.05) is 52.8 Å². The number of pyridine rings is 2. The van der Waals surface area contributed by atoms with E-state index in [1.54, 1.807) is 37.8 Å². The number of halogens is 2. The zero-order valence-electron chi connectivity index (χ0n) is 26.2. The summed E-state index contributed by atoms with van der Waals surface area (Å²) in [6.07, 6.45) is 5.09. The molecule has 1 N–H and O–H groups in total. The molecule has 0 saturated heterocycles. The van der Waals surface area contributed by atoms with Gasteiger partial charge in [-0.1, -0.05) is 86.1 Å². The van der Waals surface area contributed by atoms with Crippen molar-refractivity contribution in [2.45, 2.75) is 31.4 Å². The Morgan fingerprint density at radius 2 is 1.49 bits per heavy atom. The van der Waals surface area contributed by atoms with Crippen molar-refractivity contribution in [2.75, 3.05) is 12.4 Å². The van der Waals surface area contributed by atoms with E-state index in [-0.39, 0.29) is 31.4 Å². The molecule has 6 aromatic rings. The minimum atomic E-state index is -0.509. The predicted molar refractivity (Wildman–Crippen MR) is 187 cm³/mol. The molecule has 0 fully saturated rings. The Balaban J connectivity index is 1.25. The number of benzene rings is 4. The molecule has 2 radical (unpaired) electrons. The lowest BCUT2D eigenvalue weighted by atomic mass is 9.82. The highest BCUT2D eigenvalue weighted by atomic mass is 35.5. The van der Waals surface area contributed by atoms with Gasteiger partial charge in [-0.05, 0) is 47.0 Å². The second-order valence-corrected chi connectivity index (χ2v) is 13.7. The van der Waals surface area contributed by atoms with E-state index in [1.165, 1.54) is 17.2 Å². The van der Waals surface area contributed by atoms with Crippen LogP contribution in [-0.4, -0.2) is 26.8 Å². The smallest absolute Gasteiger partial charge is 0.318 e. The maximum absolute atomic E-state index is 15.4. The third kappa shape index (κ3) is 7.40. The zero-order valence-corrected chi connectivity index (χ0v) is 28.0. The normalized spacial score (nSPS) is 11.4. The highest BCUT2D eigenvalue weighted by Crippen LogP contribution is 2.46. The molecular weight excluding hydrogens is 629 g/mol. The Morgan fingerprint density at radius 3 is 2.15 bits per heavy atom. The first kappa shape index (κ1) is 32.0. The van der Waals surface area contributed by atoms with Gasteiger partial charge in [0.05, 0.1) is 23.3 Å². The molecule has 0 amide bonds. The van der Waals surface area contributed by atoms with E-state index in [1.807, 2.05) is 36.4 Å². The van der Waals surface area contributed by atoms with Crippen molar-refractivity contribution in [3.63, 3.8) is 0 Å². The first-order chi connectivity index (χ1) is 22.8. The topological polar surface area (TPSA) is 65.5 Å². The van der Waals surface area contributed by atoms with Crippen molar-refractivity contribution in [2.24, 2.45) is 0 Å². The molecule has 9 heteroatoms. The summed E-state index contributed by atoms with van der Waals surface area (Å²) in [6, 6.07) is 32.9. The molecule has 0 spiro atoms. The second kappa shape index (κ2) is 14.2. The molecule has 0 aliphatic rings. The van der Waals surface area contributed by atoms with E-state index in [0.29, 0.717) is 35.1 Å². The Hall–Kier alpha value is -4.92. The van der Waals surface area contributed by atoms with Gasteiger partial charge in [0.25, 0.3) is 0 Å². The minimum absolute atomic E-state index is 0.0169. The van der Waals surface area contributed by atoms with Crippen LogP contribution in [0.4, 0.5) is 15.8 Å². The zero-order chi connectivity index (χ0) is 32.8. The molecule has 0 aliphatic heterocycles. The Bertz CT molecular complexity index is 1930. The first-order valence-electron chi connectivity index (χ1n) is 15.1. The van der Waals surface area contributed by atoms with Crippen LogP contribution in [0.5, 0.6) is 17.2 Å². The number of nitrogens with zero attached hydrogens (tertiary/aromatic N) is 2. The molecule has 2 heterocycles. The van der Waals surface area contributed by atoms with Crippen LogP contribution < -0.4 is 19.2 Å². The van der Waals surface area contributed by atoms with E-state index in [4.69, 9.17) is 25.5 Å². The van der Waals surface area contributed by atoms with Crippen molar-refractivity contribution < 1.29 is 18.3 Å². The molecule has 0 aliphatic carbocycles. The molecule has 47 heavy (non-hydrogen) atoms.